The number of carbonyl (C=O) groups is 1. The molecule has 1 aliphatic heterocycles. The van der Waals surface area contributed by atoms with E-state index in [2.05, 4.69) is 11.8 Å². The zero-order valence-corrected chi connectivity index (χ0v) is 13.9. The zero-order valence-electron chi connectivity index (χ0n) is 13.9. The molecule has 2 aliphatic rings. The number of amides is 1. The Kier molecular flexibility index (Phi) is 6.49. The highest BCUT2D eigenvalue weighted by Crippen LogP contribution is 2.32. The molecule has 0 spiro atoms. The molecule has 0 aromatic rings. The molecule has 1 saturated heterocycles. The van der Waals surface area contributed by atoms with E-state index in [9.17, 15) is 4.79 Å². The summed E-state index contributed by atoms with van der Waals surface area (Å²) in [4.78, 5) is 17.2. The van der Waals surface area contributed by atoms with Crippen molar-refractivity contribution in [2.24, 2.45) is 17.6 Å². The van der Waals surface area contributed by atoms with Crippen LogP contribution in [0.5, 0.6) is 0 Å². The Hall–Kier alpha value is -0.610. The number of nitrogens with two attached hydrogens (primary N) is 1. The third-order valence-corrected chi connectivity index (χ3v) is 5.47. The lowest BCUT2D eigenvalue weighted by Crippen LogP contribution is -2.43. The lowest BCUT2D eigenvalue weighted by molar-refractivity contribution is -0.136. The van der Waals surface area contributed by atoms with Gasteiger partial charge in [0.25, 0.3) is 0 Å². The van der Waals surface area contributed by atoms with Gasteiger partial charge in [-0.1, -0.05) is 19.8 Å². The molecule has 3 atom stereocenters. The van der Waals surface area contributed by atoms with Gasteiger partial charge in [0.15, 0.2) is 0 Å². The van der Waals surface area contributed by atoms with Gasteiger partial charge in [0, 0.05) is 25.6 Å². The zero-order chi connectivity index (χ0) is 15.2. The summed E-state index contributed by atoms with van der Waals surface area (Å²) in [5.41, 5.74) is 5.68. The first-order valence-electron chi connectivity index (χ1n) is 8.84. The second-order valence-electron chi connectivity index (χ2n) is 6.95. The quantitative estimate of drug-likeness (QED) is 0.816. The molecule has 1 aliphatic carbocycles. The topological polar surface area (TPSA) is 49.6 Å². The molecule has 4 nitrogen and oxygen atoms in total. The third kappa shape index (κ3) is 4.43. The SMILES string of the molecule is CCN1CCCC1CN(C)C(=O)C1CCCC(CCN)C1. The molecule has 2 rings (SSSR count). The Morgan fingerprint density at radius 2 is 2.10 bits per heavy atom. The Bertz CT molecular complexity index is 332. The van der Waals surface area contributed by atoms with E-state index in [-0.39, 0.29) is 5.92 Å². The van der Waals surface area contributed by atoms with Gasteiger partial charge in [-0.3, -0.25) is 9.69 Å². The van der Waals surface area contributed by atoms with E-state index in [4.69, 9.17) is 5.73 Å². The molecule has 0 bridgehead atoms. The summed E-state index contributed by atoms with van der Waals surface area (Å²) in [6.07, 6.45) is 8.19. The molecule has 0 aromatic carbocycles. The number of nitrogens with zero attached hydrogens (tertiary/aromatic N) is 2. The summed E-state index contributed by atoms with van der Waals surface area (Å²) in [6.45, 7) is 6.19. The maximum absolute atomic E-state index is 12.7. The molecule has 3 unspecified atom stereocenters. The van der Waals surface area contributed by atoms with Crippen LogP contribution in [0.3, 0.4) is 0 Å². The van der Waals surface area contributed by atoms with Gasteiger partial charge in [-0.25, -0.2) is 0 Å². The van der Waals surface area contributed by atoms with Crippen molar-refractivity contribution in [3.8, 4) is 0 Å². The second-order valence-corrected chi connectivity index (χ2v) is 6.95. The van der Waals surface area contributed by atoms with Crippen LogP contribution in [-0.2, 0) is 4.79 Å². The van der Waals surface area contributed by atoms with Crippen molar-refractivity contribution in [2.45, 2.75) is 57.9 Å². The summed E-state index contributed by atoms with van der Waals surface area (Å²) in [6, 6.07) is 0.576. The van der Waals surface area contributed by atoms with E-state index in [0.29, 0.717) is 17.9 Å². The van der Waals surface area contributed by atoms with Gasteiger partial charge in [0.1, 0.15) is 0 Å². The predicted octanol–water partition coefficient (Wildman–Crippen LogP) is 2.08. The fourth-order valence-electron chi connectivity index (χ4n) is 4.25. The van der Waals surface area contributed by atoms with Gasteiger partial charge >= 0.3 is 0 Å². The van der Waals surface area contributed by atoms with Crippen LogP contribution in [0.15, 0.2) is 0 Å². The highest BCUT2D eigenvalue weighted by molar-refractivity contribution is 5.78. The Labute approximate surface area is 130 Å². The van der Waals surface area contributed by atoms with Gasteiger partial charge in [-0.2, -0.15) is 0 Å². The van der Waals surface area contributed by atoms with Crippen LogP contribution in [0, 0.1) is 11.8 Å². The highest BCUT2D eigenvalue weighted by Gasteiger charge is 2.31. The Morgan fingerprint density at radius 1 is 1.29 bits per heavy atom. The van der Waals surface area contributed by atoms with E-state index < -0.39 is 0 Å². The number of likely N-dealkylation sites (tertiary alicyclic amines) is 1. The molecule has 2 N–H and O–H groups in total. The largest absolute Gasteiger partial charge is 0.344 e. The molecular weight excluding hydrogens is 262 g/mol. The maximum atomic E-state index is 12.7. The molecule has 122 valence electrons. The normalized spacial score (nSPS) is 30.5. The molecule has 4 heteroatoms. The van der Waals surface area contributed by atoms with Gasteiger partial charge in [-0.15, -0.1) is 0 Å². The first-order chi connectivity index (χ1) is 10.2. The lowest BCUT2D eigenvalue weighted by atomic mass is 9.79. The van der Waals surface area contributed by atoms with Crippen molar-refractivity contribution >= 4 is 5.91 Å². The summed E-state index contributed by atoms with van der Waals surface area (Å²) < 4.78 is 0. The molecule has 1 saturated carbocycles. The van der Waals surface area contributed by atoms with E-state index >= 15 is 0 Å². The minimum atomic E-state index is 0.247. The minimum absolute atomic E-state index is 0.247. The fourth-order valence-corrected chi connectivity index (χ4v) is 4.25. The van der Waals surface area contributed by atoms with Gasteiger partial charge in [0.2, 0.25) is 5.91 Å². The lowest BCUT2D eigenvalue weighted by Gasteiger charge is -2.33. The predicted molar refractivity (Wildman–Crippen MR) is 87.0 cm³/mol. The molecule has 1 heterocycles. The van der Waals surface area contributed by atoms with E-state index in [1.807, 2.05) is 11.9 Å². The molecule has 21 heavy (non-hydrogen) atoms. The van der Waals surface area contributed by atoms with Crippen molar-refractivity contribution in [2.75, 3.05) is 33.2 Å². The maximum Gasteiger partial charge on any atom is 0.225 e. The van der Waals surface area contributed by atoms with Crippen LogP contribution in [0.2, 0.25) is 0 Å². The Balaban J connectivity index is 1.83. The van der Waals surface area contributed by atoms with Crippen molar-refractivity contribution in [1.29, 1.82) is 0 Å². The molecule has 2 fully saturated rings. The van der Waals surface area contributed by atoms with Crippen molar-refractivity contribution in [1.82, 2.24) is 9.80 Å². The number of carbonyl (C=O) groups excluding carboxylic acids is 1. The van der Waals surface area contributed by atoms with Crippen LogP contribution < -0.4 is 5.73 Å². The standard InChI is InChI=1S/C17H33N3O/c1-3-20-11-5-8-16(20)13-19(2)17(21)15-7-4-6-14(12-15)9-10-18/h14-16H,3-13,18H2,1-2H3. The number of rotatable bonds is 6. The first-order valence-corrected chi connectivity index (χ1v) is 8.84. The number of hydrogen-bond donors (Lipinski definition) is 1. The summed E-state index contributed by atoms with van der Waals surface area (Å²) >= 11 is 0. The monoisotopic (exact) mass is 295 g/mol. The minimum Gasteiger partial charge on any atom is -0.344 e. The van der Waals surface area contributed by atoms with Crippen molar-refractivity contribution in [3.63, 3.8) is 0 Å². The van der Waals surface area contributed by atoms with E-state index in [0.717, 1.165) is 38.9 Å². The average Bonchev–Trinajstić information content (AvgIpc) is 2.94. The summed E-state index contributed by atoms with van der Waals surface area (Å²) in [5.74, 6) is 1.29. The van der Waals surface area contributed by atoms with Gasteiger partial charge in [0.05, 0.1) is 0 Å². The highest BCUT2D eigenvalue weighted by atomic mass is 16.2. The second kappa shape index (κ2) is 8.14. The summed E-state index contributed by atoms with van der Waals surface area (Å²) in [5, 5.41) is 0. The van der Waals surface area contributed by atoms with Crippen LogP contribution in [0.25, 0.3) is 0 Å². The van der Waals surface area contributed by atoms with Gasteiger partial charge < -0.3 is 10.6 Å². The molecule has 0 radical (unpaired) electrons. The third-order valence-electron chi connectivity index (χ3n) is 5.47. The van der Waals surface area contributed by atoms with Crippen LogP contribution in [0.4, 0.5) is 0 Å². The first kappa shape index (κ1) is 16.8. The van der Waals surface area contributed by atoms with Crippen molar-refractivity contribution in [3.05, 3.63) is 0 Å². The molecule has 1 amide bonds. The fraction of sp³-hybridized carbons (Fsp3) is 0.941. The van der Waals surface area contributed by atoms with Crippen molar-refractivity contribution < 1.29 is 4.79 Å². The van der Waals surface area contributed by atoms with Crippen LogP contribution in [-0.4, -0.2) is 55.0 Å². The smallest absolute Gasteiger partial charge is 0.225 e. The number of likely N-dealkylation sites (N-methyl/N-ethyl adjacent to an activating group) is 2. The van der Waals surface area contributed by atoms with Gasteiger partial charge in [-0.05, 0) is 57.7 Å². The molecule has 0 aromatic heterocycles. The van der Waals surface area contributed by atoms with Crippen LogP contribution >= 0.6 is 0 Å². The van der Waals surface area contributed by atoms with E-state index in [1.54, 1.807) is 0 Å². The van der Waals surface area contributed by atoms with E-state index in [1.165, 1.54) is 32.2 Å². The number of hydrogen-bond acceptors (Lipinski definition) is 3. The Morgan fingerprint density at radius 3 is 2.81 bits per heavy atom. The summed E-state index contributed by atoms with van der Waals surface area (Å²) in [7, 11) is 2.00. The molecular formula is C17H33N3O. The van der Waals surface area contributed by atoms with Crippen LogP contribution in [0.1, 0.15) is 51.9 Å². The average molecular weight is 295 g/mol.